The normalized spacial score (nSPS) is 14.1. The highest BCUT2D eigenvalue weighted by atomic mass is 16.1. The van der Waals surface area contributed by atoms with E-state index in [4.69, 9.17) is 0 Å². The van der Waals surface area contributed by atoms with E-state index in [0.717, 1.165) is 29.8 Å². The van der Waals surface area contributed by atoms with Crippen LogP contribution in [0.15, 0.2) is 48.7 Å². The number of rotatable bonds is 3. The van der Waals surface area contributed by atoms with Gasteiger partial charge >= 0.3 is 0 Å². The minimum atomic E-state index is -0.265. The third kappa shape index (κ3) is 2.90. The average molecular weight is 319 g/mol. The predicted octanol–water partition coefficient (Wildman–Crippen LogP) is 2.88. The van der Waals surface area contributed by atoms with Crippen molar-refractivity contribution in [3.05, 3.63) is 54.4 Å². The summed E-state index contributed by atoms with van der Waals surface area (Å²) in [5.41, 5.74) is 1.92. The van der Waals surface area contributed by atoms with Gasteiger partial charge in [0.15, 0.2) is 11.5 Å². The number of hydrogen-bond donors (Lipinski definition) is 1. The van der Waals surface area contributed by atoms with Gasteiger partial charge in [-0.15, -0.1) is 10.2 Å². The molecular weight excluding hydrogens is 302 g/mol. The number of nitrogens with one attached hydrogen (secondary N) is 1. The minimum absolute atomic E-state index is 0.265. The molecule has 1 fully saturated rings. The van der Waals surface area contributed by atoms with E-state index in [9.17, 15) is 4.79 Å². The maximum atomic E-state index is 12.3. The fraction of sp³-hybridized carbons (Fsp3) is 0.222. The van der Waals surface area contributed by atoms with Crippen LogP contribution in [0.3, 0.4) is 0 Å². The van der Waals surface area contributed by atoms with Gasteiger partial charge in [-0.3, -0.25) is 9.78 Å². The fourth-order valence-electron chi connectivity index (χ4n) is 2.91. The lowest BCUT2D eigenvalue weighted by molar-refractivity contribution is 0.102. The number of benzene rings is 1. The highest BCUT2D eigenvalue weighted by Gasteiger charge is 2.15. The van der Waals surface area contributed by atoms with E-state index in [2.05, 4.69) is 25.4 Å². The Kier molecular flexibility index (Phi) is 3.78. The Balaban J connectivity index is 1.50. The van der Waals surface area contributed by atoms with Crippen molar-refractivity contribution in [1.82, 2.24) is 15.2 Å². The van der Waals surface area contributed by atoms with Gasteiger partial charge in [-0.05, 0) is 49.2 Å². The lowest BCUT2D eigenvalue weighted by Gasteiger charge is -2.15. The molecule has 0 unspecified atom stereocenters. The largest absolute Gasteiger partial charge is 0.355 e. The molecule has 0 spiro atoms. The van der Waals surface area contributed by atoms with Crippen molar-refractivity contribution in [3.8, 4) is 0 Å². The van der Waals surface area contributed by atoms with Gasteiger partial charge in [0.05, 0.1) is 5.52 Å². The maximum absolute atomic E-state index is 12.3. The van der Waals surface area contributed by atoms with Gasteiger partial charge in [0.25, 0.3) is 5.91 Å². The number of amides is 1. The van der Waals surface area contributed by atoms with Crippen molar-refractivity contribution >= 4 is 28.3 Å². The first-order chi connectivity index (χ1) is 11.8. The summed E-state index contributed by atoms with van der Waals surface area (Å²) in [4.78, 5) is 18.8. The van der Waals surface area contributed by atoms with Crippen LogP contribution in [0.4, 0.5) is 11.5 Å². The summed E-state index contributed by atoms with van der Waals surface area (Å²) in [5, 5.41) is 12.1. The smallest absolute Gasteiger partial charge is 0.276 e. The molecule has 1 aliphatic heterocycles. The first-order valence-electron chi connectivity index (χ1n) is 8.04. The quantitative estimate of drug-likeness (QED) is 0.804. The van der Waals surface area contributed by atoms with Crippen molar-refractivity contribution in [3.63, 3.8) is 0 Å². The molecule has 0 aliphatic carbocycles. The predicted molar refractivity (Wildman–Crippen MR) is 93.2 cm³/mol. The number of carbonyl (C=O) groups excluding carboxylic acids is 1. The van der Waals surface area contributed by atoms with Crippen LogP contribution in [-0.2, 0) is 0 Å². The third-order valence-electron chi connectivity index (χ3n) is 4.17. The molecule has 6 heteroatoms. The molecule has 0 radical (unpaired) electrons. The third-order valence-corrected chi connectivity index (χ3v) is 4.17. The molecule has 1 amide bonds. The molecule has 1 aliphatic rings. The van der Waals surface area contributed by atoms with E-state index >= 15 is 0 Å². The van der Waals surface area contributed by atoms with Gasteiger partial charge < -0.3 is 10.2 Å². The highest BCUT2D eigenvalue weighted by molar-refractivity contribution is 6.03. The molecule has 4 rings (SSSR count). The summed E-state index contributed by atoms with van der Waals surface area (Å²) in [7, 11) is 0. The number of pyridine rings is 1. The molecule has 120 valence electrons. The fourth-order valence-corrected chi connectivity index (χ4v) is 2.91. The van der Waals surface area contributed by atoms with Gasteiger partial charge in [-0.2, -0.15) is 0 Å². The zero-order valence-electron chi connectivity index (χ0n) is 13.1. The number of fused-ring (bicyclic) bond motifs is 1. The summed E-state index contributed by atoms with van der Waals surface area (Å²) in [6.07, 6.45) is 4.11. The molecule has 0 bridgehead atoms. The van der Waals surface area contributed by atoms with Crippen LogP contribution >= 0.6 is 0 Å². The second kappa shape index (κ2) is 6.23. The van der Waals surface area contributed by atoms with Crippen LogP contribution in [0.2, 0.25) is 0 Å². The minimum Gasteiger partial charge on any atom is -0.355 e. The second-order valence-corrected chi connectivity index (χ2v) is 5.84. The zero-order valence-corrected chi connectivity index (χ0v) is 13.1. The van der Waals surface area contributed by atoms with Crippen molar-refractivity contribution in [2.45, 2.75) is 12.8 Å². The van der Waals surface area contributed by atoms with Gasteiger partial charge in [-0.1, -0.05) is 6.07 Å². The van der Waals surface area contributed by atoms with Crippen LogP contribution in [0.25, 0.3) is 10.9 Å². The first kappa shape index (κ1) is 14.6. The first-order valence-corrected chi connectivity index (χ1v) is 8.04. The molecule has 24 heavy (non-hydrogen) atoms. The number of hydrogen-bond acceptors (Lipinski definition) is 5. The molecule has 1 saturated heterocycles. The van der Waals surface area contributed by atoms with E-state index in [1.165, 1.54) is 12.8 Å². The van der Waals surface area contributed by atoms with Crippen molar-refractivity contribution < 1.29 is 4.79 Å². The summed E-state index contributed by atoms with van der Waals surface area (Å²) in [6, 6.07) is 13.0. The Labute approximate surface area is 139 Å². The summed E-state index contributed by atoms with van der Waals surface area (Å²) >= 11 is 0. The monoisotopic (exact) mass is 319 g/mol. The van der Waals surface area contributed by atoms with E-state index in [-0.39, 0.29) is 5.91 Å². The number of carbonyl (C=O) groups is 1. The molecule has 0 saturated carbocycles. The van der Waals surface area contributed by atoms with Crippen molar-refractivity contribution in [1.29, 1.82) is 0 Å². The molecule has 1 N–H and O–H groups in total. The van der Waals surface area contributed by atoms with Gasteiger partial charge in [0.1, 0.15) is 0 Å². The van der Waals surface area contributed by atoms with Crippen molar-refractivity contribution in [2.75, 3.05) is 23.3 Å². The molecule has 6 nitrogen and oxygen atoms in total. The SMILES string of the molecule is O=C(Nc1ccc2ncccc2c1)c1ccc(N2CCCC2)nn1. The van der Waals surface area contributed by atoms with Gasteiger partial charge in [0.2, 0.25) is 0 Å². The molecule has 2 aromatic heterocycles. The number of anilines is 2. The van der Waals surface area contributed by atoms with E-state index in [0.29, 0.717) is 11.4 Å². The van der Waals surface area contributed by atoms with Crippen LogP contribution in [0.5, 0.6) is 0 Å². The Morgan fingerprint density at radius 1 is 1.04 bits per heavy atom. The molecule has 3 aromatic rings. The van der Waals surface area contributed by atoms with Gasteiger partial charge in [-0.25, -0.2) is 0 Å². The standard InChI is InChI=1S/C18H17N5O/c24-18(16-7-8-17(22-21-16)23-10-1-2-11-23)20-14-5-6-15-13(12-14)4-3-9-19-15/h3-9,12H,1-2,10-11H2,(H,20,24). The van der Waals surface area contributed by atoms with Crippen LogP contribution < -0.4 is 10.2 Å². The lowest BCUT2D eigenvalue weighted by atomic mass is 10.2. The molecule has 3 heterocycles. The molecular formula is C18H17N5O. The van der Waals surface area contributed by atoms with E-state index in [1.54, 1.807) is 12.3 Å². The lowest BCUT2D eigenvalue weighted by Crippen LogP contribution is -2.21. The van der Waals surface area contributed by atoms with Crippen LogP contribution in [-0.4, -0.2) is 34.2 Å². The Bertz CT molecular complexity index is 872. The van der Waals surface area contributed by atoms with E-state index < -0.39 is 0 Å². The number of nitrogens with zero attached hydrogens (tertiary/aromatic N) is 4. The maximum Gasteiger partial charge on any atom is 0.276 e. The Morgan fingerprint density at radius 2 is 1.92 bits per heavy atom. The van der Waals surface area contributed by atoms with E-state index in [1.807, 2.05) is 36.4 Å². The zero-order chi connectivity index (χ0) is 16.4. The topological polar surface area (TPSA) is 71.0 Å². The summed E-state index contributed by atoms with van der Waals surface area (Å²) in [6.45, 7) is 2.01. The summed E-state index contributed by atoms with van der Waals surface area (Å²) in [5.74, 6) is 0.569. The summed E-state index contributed by atoms with van der Waals surface area (Å²) < 4.78 is 0. The van der Waals surface area contributed by atoms with Crippen molar-refractivity contribution in [2.24, 2.45) is 0 Å². The molecule has 1 aromatic carbocycles. The average Bonchev–Trinajstić information content (AvgIpc) is 3.16. The Morgan fingerprint density at radius 3 is 2.71 bits per heavy atom. The Hall–Kier alpha value is -3.02. The second-order valence-electron chi connectivity index (χ2n) is 5.84. The van der Waals surface area contributed by atoms with Crippen LogP contribution in [0.1, 0.15) is 23.3 Å². The van der Waals surface area contributed by atoms with Crippen LogP contribution in [0, 0.1) is 0 Å². The number of aromatic nitrogens is 3. The van der Waals surface area contributed by atoms with Gasteiger partial charge in [0, 0.05) is 30.4 Å². The highest BCUT2D eigenvalue weighted by Crippen LogP contribution is 2.19. The molecule has 0 atom stereocenters.